The predicted octanol–water partition coefficient (Wildman–Crippen LogP) is 3.44. The molecular formula is C14H18ClNO2. The SMILES string of the molecule is CC(CCN)c1cc2c(cc1Cl)OC1(CCC1)O2. The van der Waals surface area contributed by atoms with E-state index >= 15 is 0 Å². The van der Waals surface area contributed by atoms with Crippen LogP contribution in [0.25, 0.3) is 0 Å². The normalized spacial score (nSPS) is 20.8. The zero-order valence-electron chi connectivity index (χ0n) is 10.5. The molecule has 1 atom stereocenters. The van der Waals surface area contributed by atoms with E-state index in [1.54, 1.807) is 0 Å². The largest absolute Gasteiger partial charge is 0.448 e. The van der Waals surface area contributed by atoms with Gasteiger partial charge in [-0.1, -0.05) is 18.5 Å². The third kappa shape index (κ3) is 1.86. The van der Waals surface area contributed by atoms with Gasteiger partial charge in [-0.05, 0) is 36.9 Å². The fraction of sp³-hybridized carbons (Fsp3) is 0.571. The molecule has 1 heterocycles. The zero-order chi connectivity index (χ0) is 12.8. The van der Waals surface area contributed by atoms with E-state index in [2.05, 4.69) is 6.92 Å². The molecule has 1 aliphatic carbocycles. The molecule has 1 aromatic carbocycles. The van der Waals surface area contributed by atoms with E-state index in [9.17, 15) is 0 Å². The van der Waals surface area contributed by atoms with E-state index in [-0.39, 0.29) is 5.79 Å². The van der Waals surface area contributed by atoms with Crippen LogP contribution in [-0.2, 0) is 0 Å². The van der Waals surface area contributed by atoms with Crippen LogP contribution in [0.5, 0.6) is 11.5 Å². The third-order valence-corrected chi connectivity index (χ3v) is 4.23. The van der Waals surface area contributed by atoms with Gasteiger partial charge in [-0.2, -0.15) is 0 Å². The van der Waals surface area contributed by atoms with Crippen LogP contribution in [-0.4, -0.2) is 12.3 Å². The van der Waals surface area contributed by atoms with Crippen LogP contribution in [0.1, 0.15) is 44.1 Å². The Bertz CT molecular complexity index is 471. The lowest BCUT2D eigenvalue weighted by atomic mass is 9.91. The minimum atomic E-state index is -0.388. The quantitative estimate of drug-likeness (QED) is 0.912. The number of fused-ring (bicyclic) bond motifs is 1. The Morgan fingerprint density at radius 2 is 2.00 bits per heavy atom. The van der Waals surface area contributed by atoms with Crippen LogP contribution >= 0.6 is 11.6 Å². The first-order valence-electron chi connectivity index (χ1n) is 6.55. The van der Waals surface area contributed by atoms with Gasteiger partial charge in [-0.25, -0.2) is 0 Å². The molecule has 1 saturated carbocycles. The molecule has 0 bridgehead atoms. The van der Waals surface area contributed by atoms with E-state index < -0.39 is 0 Å². The summed E-state index contributed by atoms with van der Waals surface area (Å²) in [5.74, 6) is 1.57. The molecule has 3 rings (SSSR count). The van der Waals surface area contributed by atoms with Crippen molar-refractivity contribution in [3.05, 3.63) is 22.7 Å². The highest BCUT2D eigenvalue weighted by molar-refractivity contribution is 6.31. The summed E-state index contributed by atoms with van der Waals surface area (Å²) in [5, 5.41) is 0.745. The van der Waals surface area contributed by atoms with Gasteiger partial charge in [-0.3, -0.25) is 0 Å². The Morgan fingerprint density at radius 3 is 2.56 bits per heavy atom. The van der Waals surface area contributed by atoms with Crippen molar-refractivity contribution in [2.45, 2.75) is 44.3 Å². The van der Waals surface area contributed by atoms with Gasteiger partial charge in [0.1, 0.15) is 0 Å². The Hall–Kier alpha value is -0.930. The maximum Gasteiger partial charge on any atom is 0.251 e. The molecule has 0 saturated heterocycles. The molecule has 1 aliphatic heterocycles. The second-order valence-electron chi connectivity index (χ2n) is 5.27. The summed E-state index contributed by atoms with van der Waals surface area (Å²) in [4.78, 5) is 0. The van der Waals surface area contributed by atoms with Crippen molar-refractivity contribution >= 4 is 11.6 Å². The van der Waals surface area contributed by atoms with E-state index in [1.165, 1.54) is 0 Å². The lowest BCUT2D eigenvalue weighted by molar-refractivity contribution is -0.138. The summed E-state index contributed by atoms with van der Waals surface area (Å²) >= 11 is 6.32. The molecule has 1 unspecified atom stereocenters. The molecule has 1 aromatic rings. The second-order valence-corrected chi connectivity index (χ2v) is 5.67. The first-order valence-corrected chi connectivity index (χ1v) is 6.93. The third-order valence-electron chi connectivity index (χ3n) is 3.90. The van der Waals surface area contributed by atoms with Gasteiger partial charge in [0.2, 0.25) is 0 Å². The van der Waals surface area contributed by atoms with Gasteiger partial charge in [0.05, 0.1) is 0 Å². The maximum atomic E-state index is 6.32. The summed E-state index contributed by atoms with van der Waals surface area (Å²) in [6.07, 6.45) is 4.02. The van der Waals surface area contributed by atoms with Crippen LogP contribution in [0.15, 0.2) is 12.1 Å². The Labute approximate surface area is 112 Å². The highest BCUT2D eigenvalue weighted by Gasteiger charge is 2.47. The summed E-state index contributed by atoms with van der Waals surface area (Å²) in [6, 6.07) is 3.90. The van der Waals surface area contributed by atoms with Gasteiger partial charge < -0.3 is 15.2 Å². The molecule has 1 fully saturated rings. The highest BCUT2D eigenvalue weighted by atomic mass is 35.5. The maximum absolute atomic E-state index is 6.32. The van der Waals surface area contributed by atoms with Crippen LogP contribution < -0.4 is 15.2 Å². The minimum absolute atomic E-state index is 0.342. The number of hydrogen-bond acceptors (Lipinski definition) is 3. The summed E-state index contributed by atoms with van der Waals surface area (Å²) in [5.41, 5.74) is 6.70. The van der Waals surface area contributed by atoms with Crippen LogP contribution in [0.2, 0.25) is 5.02 Å². The van der Waals surface area contributed by atoms with Gasteiger partial charge in [0.15, 0.2) is 11.5 Å². The molecule has 3 nitrogen and oxygen atoms in total. The van der Waals surface area contributed by atoms with Crippen molar-refractivity contribution in [1.82, 2.24) is 0 Å². The molecule has 98 valence electrons. The topological polar surface area (TPSA) is 44.5 Å². The molecule has 4 heteroatoms. The van der Waals surface area contributed by atoms with Crippen molar-refractivity contribution < 1.29 is 9.47 Å². The fourth-order valence-electron chi connectivity index (χ4n) is 2.58. The lowest BCUT2D eigenvalue weighted by Gasteiger charge is -2.35. The van der Waals surface area contributed by atoms with Crippen molar-refractivity contribution in [2.24, 2.45) is 5.73 Å². The summed E-state index contributed by atoms with van der Waals surface area (Å²) < 4.78 is 11.8. The Balaban J connectivity index is 1.89. The number of hydrogen-bond donors (Lipinski definition) is 1. The van der Waals surface area contributed by atoms with Crippen molar-refractivity contribution in [1.29, 1.82) is 0 Å². The monoisotopic (exact) mass is 267 g/mol. The molecule has 2 aliphatic rings. The first-order chi connectivity index (χ1) is 8.63. The average Bonchev–Trinajstić information content (AvgIpc) is 2.66. The zero-order valence-corrected chi connectivity index (χ0v) is 11.3. The van der Waals surface area contributed by atoms with Crippen molar-refractivity contribution in [3.63, 3.8) is 0 Å². The molecule has 1 spiro atoms. The van der Waals surface area contributed by atoms with E-state index in [0.29, 0.717) is 12.5 Å². The molecular weight excluding hydrogens is 250 g/mol. The average molecular weight is 268 g/mol. The standard InChI is InChI=1S/C14H18ClNO2/c1-9(3-6-16)10-7-12-13(8-11(10)15)18-14(17-12)4-2-5-14/h7-9H,2-6,16H2,1H3. The first kappa shape index (κ1) is 12.1. The van der Waals surface area contributed by atoms with E-state index in [1.807, 2.05) is 12.1 Å². The predicted molar refractivity (Wildman–Crippen MR) is 71.4 cm³/mol. The molecule has 0 radical (unpaired) electrons. The van der Waals surface area contributed by atoms with E-state index in [4.69, 9.17) is 26.8 Å². The van der Waals surface area contributed by atoms with Gasteiger partial charge in [0.25, 0.3) is 5.79 Å². The number of rotatable bonds is 3. The fourth-order valence-corrected chi connectivity index (χ4v) is 2.92. The minimum Gasteiger partial charge on any atom is -0.448 e. The van der Waals surface area contributed by atoms with E-state index in [0.717, 1.165) is 47.8 Å². The number of halogens is 1. The summed E-state index contributed by atoms with van der Waals surface area (Å²) in [6.45, 7) is 2.80. The van der Waals surface area contributed by atoms with Crippen LogP contribution in [0.4, 0.5) is 0 Å². The smallest absolute Gasteiger partial charge is 0.251 e. The Morgan fingerprint density at radius 1 is 1.33 bits per heavy atom. The summed E-state index contributed by atoms with van der Waals surface area (Å²) in [7, 11) is 0. The van der Waals surface area contributed by atoms with Crippen molar-refractivity contribution in [3.8, 4) is 11.5 Å². The number of benzene rings is 1. The molecule has 0 aromatic heterocycles. The highest BCUT2D eigenvalue weighted by Crippen LogP contribution is 2.50. The lowest BCUT2D eigenvalue weighted by Crippen LogP contribution is -2.45. The molecule has 0 amide bonds. The second kappa shape index (κ2) is 4.32. The van der Waals surface area contributed by atoms with Gasteiger partial charge >= 0.3 is 0 Å². The van der Waals surface area contributed by atoms with Crippen molar-refractivity contribution in [2.75, 3.05) is 6.54 Å². The number of nitrogens with two attached hydrogens (primary N) is 1. The van der Waals surface area contributed by atoms with Crippen LogP contribution in [0.3, 0.4) is 0 Å². The molecule has 2 N–H and O–H groups in total. The molecule has 18 heavy (non-hydrogen) atoms. The number of ether oxygens (including phenoxy) is 2. The Kier molecular flexibility index (Phi) is 2.91. The van der Waals surface area contributed by atoms with Gasteiger partial charge in [-0.15, -0.1) is 0 Å². The van der Waals surface area contributed by atoms with Gasteiger partial charge in [0, 0.05) is 23.9 Å². The van der Waals surface area contributed by atoms with Crippen LogP contribution in [0, 0.1) is 0 Å².